The highest BCUT2D eigenvalue weighted by molar-refractivity contribution is 7.73. The number of nitrogens with zero attached hydrogens (tertiary/aromatic N) is 2. The molecular weight excluding hydrogens is 839 g/mol. The van der Waals surface area contributed by atoms with Crippen LogP contribution in [0.1, 0.15) is 33.4 Å². The van der Waals surface area contributed by atoms with E-state index in [1.54, 1.807) is 0 Å². The summed E-state index contributed by atoms with van der Waals surface area (Å²) < 4.78 is 23.9. The van der Waals surface area contributed by atoms with E-state index in [1.807, 2.05) is 0 Å². The van der Waals surface area contributed by atoms with Crippen LogP contribution in [0.25, 0.3) is 0 Å². The summed E-state index contributed by atoms with van der Waals surface area (Å²) in [6, 6.07) is 1.72. The lowest BCUT2D eigenvalue weighted by Crippen LogP contribution is -2.56. The predicted molar refractivity (Wildman–Crippen MR) is 232 cm³/mol. The fraction of sp³-hybridized carbons (Fsp3) is 0.667. The van der Waals surface area contributed by atoms with E-state index in [-0.39, 0.29) is 55.2 Å². The number of phenols is 2. The van der Waals surface area contributed by atoms with Crippen LogP contribution < -0.4 is 14.7 Å². The Morgan fingerprint density at radius 1 is 0.561 bits per heavy atom. The third-order valence-corrected chi connectivity index (χ3v) is 8.19. The first-order valence-electron chi connectivity index (χ1n) is 17.8. The minimum Gasteiger partial charge on any atom is -0.810 e. The van der Waals surface area contributed by atoms with Crippen LogP contribution in [0.3, 0.4) is 0 Å². The zero-order chi connectivity index (χ0) is 45.3. The molecule has 3 atom stereocenters. The summed E-state index contributed by atoms with van der Waals surface area (Å²) >= 11 is 0. The summed E-state index contributed by atoms with van der Waals surface area (Å²) in [6.45, 7) is 21.8. The van der Waals surface area contributed by atoms with E-state index in [0.717, 1.165) is 21.9 Å². The molecule has 0 heterocycles. The van der Waals surface area contributed by atoms with Gasteiger partial charge in [-0.25, -0.2) is 0 Å². The van der Waals surface area contributed by atoms with Gasteiger partial charge in [-0.05, 0) is 34.4 Å². The fourth-order valence-corrected chi connectivity index (χ4v) is 6.33. The highest BCUT2D eigenvalue weighted by Gasteiger charge is 2.35. The summed E-state index contributed by atoms with van der Waals surface area (Å²) in [5, 5.41) is 80.5. The lowest BCUT2D eigenvalue weighted by Gasteiger charge is -2.45. The molecule has 0 fully saturated rings. The molecular formula is C36H71N2O14P5. The molecule has 2 aromatic rings. The molecule has 0 aromatic heterocycles. The second-order valence-corrected chi connectivity index (χ2v) is 36.8. The topological polar surface area (TPSA) is 292 Å². The van der Waals surface area contributed by atoms with Crippen molar-refractivity contribution in [3.8, 4) is 11.5 Å². The Balaban J connectivity index is 0. The molecule has 0 spiro atoms. The van der Waals surface area contributed by atoms with Crippen molar-refractivity contribution in [3.63, 3.8) is 0 Å². The quantitative estimate of drug-likeness (QED) is 0.100. The van der Waals surface area contributed by atoms with Gasteiger partial charge in [-0.2, -0.15) is 0 Å². The molecule has 2 unspecified atom stereocenters. The van der Waals surface area contributed by atoms with Gasteiger partial charge in [-0.1, -0.05) is 19.7 Å². The number of aromatic hydroxyl groups is 2. The number of hydrogen-bond acceptors (Lipinski definition) is 15. The molecule has 57 heavy (non-hydrogen) atoms. The van der Waals surface area contributed by atoms with Gasteiger partial charge in [0.25, 0.3) is 0 Å². The molecule has 2 aromatic carbocycles. The Hall–Kier alpha value is -0.690. The minimum atomic E-state index is -5.44. The van der Waals surface area contributed by atoms with Crippen molar-refractivity contribution in [1.29, 1.82) is 0 Å². The molecule has 0 saturated heterocycles. The van der Waals surface area contributed by atoms with Crippen LogP contribution in [-0.4, -0.2) is 173 Å². The number of rotatable bonds is 17. The SMILES string of the molecule is C[P+](C)(C)C.C[P+](C)(C)C.C[P+](C)(C)C.O=P([O-])([O-])CN(Cc1c(O)ccc(CO)c1CO)C(CO)[C@@H](CO)N(Cc1c(O)cc(CO)cc1CO)CP(=O)([O-])O. The van der Waals surface area contributed by atoms with Gasteiger partial charge < -0.3 is 69.6 Å². The van der Waals surface area contributed by atoms with Crippen molar-refractivity contribution in [1.82, 2.24) is 9.80 Å². The lowest BCUT2D eigenvalue weighted by molar-refractivity contribution is -0.316. The standard InChI is InChI=1S/C24H38N2O14P2.3C4H12P/c27-7-15-3-17(9-29)18(24(34)4-15)5-25(13-41(35,36)37)21(11-31)22(12-32)26(14-42(38,39)40)6-19-20(10-30)16(8-28)1-2-23(19)33;3*1-5(2,3)4/h1-4,21-22,27-34H,5-14H2,(H2,35,36,37)(H2,38,39,40);3*1-4H3/q;3*+1/p-3/t21-,22?;;;/m1.../s1. The fourth-order valence-electron chi connectivity index (χ4n) is 4.81. The van der Waals surface area contributed by atoms with Crippen molar-refractivity contribution in [2.24, 2.45) is 0 Å². The number of hydrogen-bond donors (Lipinski definition) is 9. The Kier molecular flexibility index (Phi) is 26.6. The Bertz CT molecular complexity index is 1520. The Morgan fingerprint density at radius 3 is 1.30 bits per heavy atom. The van der Waals surface area contributed by atoms with Crippen LogP contribution in [0.15, 0.2) is 24.3 Å². The van der Waals surface area contributed by atoms with Crippen molar-refractivity contribution >= 4 is 37.0 Å². The van der Waals surface area contributed by atoms with E-state index in [2.05, 4.69) is 80.0 Å². The molecule has 0 aliphatic rings. The van der Waals surface area contributed by atoms with Crippen LogP contribution in [0.2, 0.25) is 0 Å². The number of aliphatic hydroxyl groups excluding tert-OH is 6. The van der Waals surface area contributed by atoms with E-state index in [4.69, 9.17) is 0 Å². The van der Waals surface area contributed by atoms with Crippen LogP contribution in [0.5, 0.6) is 11.5 Å². The first kappa shape index (κ1) is 58.4. The van der Waals surface area contributed by atoms with Gasteiger partial charge in [-0.3, -0.25) is 9.80 Å². The van der Waals surface area contributed by atoms with Crippen LogP contribution in [-0.2, 0) is 48.6 Å². The first-order chi connectivity index (χ1) is 25.6. The zero-order valence-electron chi connectivity index (χ0n) is 35.7. The zero-order valence-corrected chi connectivity index (χ0v) is 40.2. The molecule has 0 aliphatic heterocycles. The van der Waals surface area contributed by atoms with E-state index >= 15 is 0 Å². The average Bonchev–Trinajstić information content (AvgIpc) is 3.00. The molecule has 16 nitrogen and oxygen atoms in total. The molecule has 0 radical (unpaired) electrons. The molecule has 0 amide bonds. The molecule has 2 rings (SSSR count). The van der Waals surface area contributed by atoms with Crippen molar-refractivity contribution < 1.29 is 69.6 Å². The molecule has 9 N–H and O–H groups in total. The molecule has 0 saturated carbocycles. The Labute approximate surface area is 341 Å². The molecule has 0 aliphatic carbocycles. The maximum atomic E-state index is 12.0. The molecule has 334 valence electrons. The van der Waals surface area contributed by atoms with E-state index in [1.165, 1.54) is 12.1 Å². The van der Waals surface area contributed by atoms with Gasteiger partial charge in [0.15, 0.2) is 0 Å². The van der Waals surface area contributed by atoms with Gasteiger partial charge in [-0.15, -0.1) is 0 Å². The van der Waals surface area contributed by atoms with Gasteiger partial charge in [0.2, 0.25) is 0 Å². The number of benzene rings is 2. The summed E-state index contributed by atoms with van der Waals surface area (Å²) in [5.74, 6) is -0.965. The third-order valence-electron chi connectivity index (χ3n) is 6.76. The third kappa shape index (κ3) is 28.5. The van der Waals surface area contributed by atoms with Gasteiger partial charge in [0.05, 0.1) is 58.0 Å². The molecule has 21 heteroatoms. The smallest absolute Gasteiger partial charge is 0.146 e. The van der Waals surface area contributed by atoms with Crippen molar-refractivity contribution in [2.75, 3.05) is 106 Å². The second-order valence-electron chi connectivity index (χ2n) is 17.7. The predicted octanol–water partition coefficient (Wildman–Crippen LogP) is 1.04. The summed E-state index contributed by atoms with van der Waals surface area (Å²) in [6.07, 6.45) is -2.50. The maximum absolute atomic E-state index is 12.0. The van der Waals surface area contributed by atoms with E-state index in [0.29, 0.717) is 0 Å². The normalized spacial score (nSPS) is 14.4. The maximum Gasteiger partial charge on any atom is 0.146 e. The van der Waals surface area contributed by atoms with E-state index < -0.39 is 104 Å². The van der Waals surface area contributed by atoms with Crippen LogP contribution in [0.4, 0.5) is 0 Å². The average molecular weight is 911 g/mol. The van der Waals surface area contributed by atoms with Gasteiger partial charge in [0.1, 0.15) is 19.1 Å². The minimum absolute atomic E-state index is 0.0101. The van der Waals surface area contributed by atoms with Crippen molar-refractivity contribution in [3.05, 3.63) is 57.6 Å². The molecule has 0 bridgehead atoms. The highest BCUT2D eigenvalue weighted by Crippen LogP contribution is 2.42. The number of aliphatic hydroxyl groups is 6. The summed E-state index contributed by atoms with van der Waals surface area (Å²) in [5.41, 5.74) is 0.176. The van der Waals surface area contributed by atoms with Gasteiger partial charge in [0, 0.05) is 132 Å². The van der Waals surface area contributed by atoms with Crippen LogP contribution in [0, 0.1) is 0 Å². The van der Waals surface area contributed by atoms with E-state index in [9.17, 15) is 69.6 Å². The van der Waals surface area contributed by atoms with Gasteiger partial charge >= 0.3 is 0 Å². The summed E-state index contributed by atoms with van der Waals surface area (Å²) in [7, 11) is -11.8. The highest BCUT2D eigenvalue weighted by atomic mass is 31.2. The second kappa shape index (κ2) is 25.9. The largest absolute Gasteiger partial charge is 0.810 e. The Morgan fingerprint density at radius 2 is 0.965 bits per heavy atom. The summed E-state index contributed by atoms with van der Waals surface area (Å²) in [4.78, 5) is 47.2. The van der Waals surface area contributed by atoms with Crippen LogP contribution >= 0.6 is 37.0 Å². The monoisotopic (exact) mass is 910 g/mol. The lowest BCUT2D eigenvalue weighted by atomic mass is 9.98. The first-order valence-corrected chi connectivity index (χ1v) is 32.0. The van der Waals surface area contributed by atoms with Crippen molar-refractivity contribution in [2.45, 2.75) is 51.6 Å². The number of phenolic OH excluding ortho intramolecular Hbond substituents is 2.